The molecular weight excluding hydrogens is 358 g/mol. The first kappa shape index (κ1) is 18.4. The number of carbonyl (C=O) groups excluding carboxylic acids is 3. The predicted octanol–water partition coefficient (Wildman–Crippen LogP) is 0.545. The topological polar surface area (TPSA) is 187 Å². The van der Waals surface area contributed by atoms with Crippen molar-refractivity contribution in [1.82, 2.24) is 9.80 Å². The molecule has 0 N–H and O–H groups in total. The second-order valence-corrected chi connectivity index (χ2v) is 5.18. The van der Waals surface area contributed by atoms with Gasteiger partial charge in [-0.25, -0.2) is 4.79 Å². The number of barbiturate groups is 1. The van der Waals surface area contributed by atoms with Gasteiger partial charge in [0.05, 0.1) is 26.9 Å². The third kappa shape index (κ3) is 2.68. The lowest BCUT2D eigenvalue weighted by molar-refractivity contribution is -0.404. The number of likely N-dealkylation sites (N-methyl/N-ethyl adjacent to an activating group) is 2. The van der Waals surface area contributed by atoms with Crippen molar-refractivity contribution in [2.24, 2.45) is 0 Å². The van der Waals surface area contributed by atoms with Gasteiger partial charge in [0.1, 0.15) is 5.56 Å². The SMILES string of the molecule is CN1C(=O)C(c2c([N+](=O)[O-])cc([N+](=O)[O-])cc2[N+](=O)[O-])C(=O)N(C)C1=O. The lowest BCUT2D eigenvalue weighted by Gasteiger charge is -2.32. The molecule has 0 saturated carbocycles. The van der Waals surface area contributed by atoms with E-state index >= 15 is 0 Å². The summed E-state index contributed by atoms with van der Waals surface area (Å²) >= 11 is 0. The molecule has 1 fully saturated rings. The van der Waals surface area contributed by atoms with Crippen molar-refractivity contribution >= 4 is 34.9 Å². The predicted molar refractivity (Wildman–Crippen MR) is 80.1 cm³/mol. The Morgan fingerprint density at radius 3 is 1.50 bits per heavy atom. The van der Waals surface area contributed by atoms with Crippen molar-refractivity contribution in [1.29, 1.82) is 0 Å². The van der Waals surface area contributed by atoms with Gasteiger partial charge in [-0.3, -0.25) is 49.7 Å². The van der Waals surface area contributed by atoms with Crippen LogP contribution in [0.5, 0.6) is 0 Å². The van der Waals surface area contributed by atoms with Crippen LogP contribution in [0.1, 0.15) is 11.5 Å². The Bertz CT molecular complexity index is 836. The highest BCUT2D eigenvalue weighted by atomic mass is 16.6. The molecule has 14 heteroatoms. The van der Waals surface area contributed by atoms with Crippen molar-refractivity contribution in [3.05, 3.63) is 48.0 Å². The van der Waals surface area contributed by atoms with Crippen LogP contribution >= 0.6 is 0 Å². The smallest absolute Gasteiger partial charge is 0.273 e. The number of nitro benzene ring substituents is 3. The van der Waals surface area contributed by atoms with Crippen LogP contribution < -0.4 is 0 Å². The second-order valence-electron chi connectivity index (χ2n) is 5.18. The summed E-state index contributed by atoms with van der Waals surface area (Å²) in [7, 11) is 1.98. The van der Waals surface area contributed by atoms with E-state index in [0.29, 0.717) is 21.9 Å². The fraction of sp³-hybridized carbons (Fsp3) is 0.250. The summed E-state index contributed by atoms with van der Waals surface area (Å²) in [4.78, 5) is 67.4. The van der Waals surface area contributed by atoms with E-state index in [1.165, 1.54) is 0 Å². The number of urea groups is 1. The summed E-state index contributed by atoms with van der Waals surface area (Å²) in [6, 6.07) is -0.193. The van der Waals surface area contributed by atoms with Crippen LogP contribution in [0.3, 0.4) is 0 Å². The molecule has 14 nitrogen and oxygen atoms in total. The van der Waals surface area contributed by atoms with Gasteiger partial charge >= 0.3 is 6.03 Å². The summed E-state index contributed by atoms with van der Waals surface area (Å²) in [5.41, 5.74) is -4.17. The summed E-state index contributed by atoms with van der Waals surface area (Å²) < 4.78 is 0. The zero-order valence-corrected chi connectivity index (χ0v) is 13.1. The second kappa shape index (κ2) is 6.15. The lowest BCUT2D eigenvalue weighted by atomic mass is 9.91. The highest BCUT2D eigenvalue weighted by Crippen LogP contribution is 2.41. The Hall–Kier alpha value is -3.97. The van der Waals surface area contributed by atoms with Gasteiger partial charge in [0.25, 0.3) is 17.1 Å². The van der Waals surface area contributed by atoms with Gasteiger partial charge in [-0.05, 0) is 0 Å². The van der Waals surface area contributed by atoms with Crippen LogP contribution in [-0.2, 0) is 9.59 Å². The Morgan fingerprint density at radius 1 is 0.808 bits per heavy atom. The maximum absolute atomic E-state index is 12.3. The molecule has 1 aliphatic rings. The van der Waals surface area contributed by atoms with Gasteiger partial charge in [-0.1, -0.05) is 0 Å². The number of hydrogen-bond acceptors (Lipinski definition) is 9. The van der Waals surface area contributed by atoms with E-state index in [0.717, 1.165) is 14.1 Å². The highest BCUT2D eigenvalue weighted by molar-refractivity contribution is 6.19. The maximum Gasteiger partial charge on any atom is 0.332 e. The van der Waals surface area contributed by atoms with E-state index in [-0.39, 0.29) is 0 Å². The molecule has 1 aromatic rings. The van der Waals surface area contributed by atoms with Gasteiger partial charge < -0.3 is 0 Å². The number of rotatable bonds is 4. The third-order valence-corrected chi connectivity index (χ3v) is 3.74. The van der Waals surface area contributed by atoms with E-state index in [1.807, 2.05) is 0 Å². The van der Waals surface area contributed by atoms with Gasteiger partial charge in [0.15, 0.2) is 5.92 Å². The van der Waals surface area contributed by atoms with Gasteiger partial charge in [0, 0.05) is 14.1 Å². The first-order valence-corrected chi connectivity index (χ1v) is 6.69. The molecule has 0 unspecified atom stereocenters. The minimum Gasteiger partial charge on any atom is -0.273 e. The number of benzene rings is 1. The standard InChI is InChI=1S/C12H9N5O9/c1-13-10(18)9(11(19)14(2)12(13)20)8-6(16(23)24)3-5(15(21)22)4-7(8)17(25)26/h3-4,9H,1-2H3. The Labute approximate surface area is 143 Å². The minimum atomic E-state index is -2.07. The van der Waals surface area contributed by atoms with E-state index in [1.54, 1.807) is 0 Å². The first-order valence-electron chi connectivity index (χ1n) is 6.69. The summed E-state index contributed by atoms with van der Waals surface area (Å²) in [6.45, 7) is 0. The molecule has 0 radical (unpaired) electrons. The van der Waals surface area contributed by atoms with Crippen LogP contribution in [0.4, 0.5) is 21.9 Å². The van der Waals surface area contributed by atoms with Crippen LogP contribution in [0.2, 0.25) is 0 Å². The normalized spacial score (nSPS) is 15.4. The molecule has 0 atom stereocenters. The quantitative estimate of drug-likeness (QED) is 0.415. The Morgan fingerprint density at radius 2 is 1.19 bits per heavy atom. The highest BCUT2D eigenvalue weighted by Gasteiger charge is 2.49. The van der Waals surface area contributed by atoms with Gasteiger partial charge in [0.2, 0.25) is 11.8 Å². The average Bonchev–Trinajstić information content (AvgIpc) is 2.57. The number of hydrogen-bond donors (Lipinski definition) is 0. The molecule has 0 aliphatic carbocycles. The van der Waals surface area contributed by atoms with E-state index in [9.17, 15) is 44.7 Å². The third-order valence-electron chi connectivity index (χ3n) is 3.74. The minimum absolute atomic E-state index is 0.416. The van der Waals surface area contributed by atoms with Crippen LogP contribution in [0, 0.1) is 30.3 Å². The summed E-state index contributed by atoms with van der Waals surface area (Å²) in [6.07, 6.45) is 0. The fourth-order valence-corrected chi connectivity index (χ4v) is 2.47. The summed E-state index contributed by atoms with van der Waals surface area (Å²) in [5.74, 6) is -4.51. The average molecular weight is 367 g/mol. The fourth-order valence-electron chi connectivity index (χ4n) is 2.47. The largest absolute Gasteiger partial charge is 0.332 e. The monoisotopic (exact) mass is 367 g/mol. The lowest BCUT2D eigenvalue weighted by Crippen LogP contribution is -2.55. The van der Waals surface area contributed by atoms with Crippen molar-refractivity contribution in [2.75, 3.05) is 14.1 Å². The molecule has 1 aromatic carbocycles. The van der Waals surface area contributed by atoms with Crippen LogP contribution in [0.15, 0.2) is 12.1 Å². The zero-order valence-electron chi connectivity index (χ0n) is 13.1. The first-order chi connectivity index (χ1) is 12.0. The van der Waals surface area contributed by atoms with Crippen molar-refractivity contribution in [3.63, 3.8) is 0 Å². The van der Waals surface area contributed by atoms with Crippen LogP contribution in [0.25, 0.3) is 0 Å². The zero-order chi connectivity index (χ0) is 19.9. The molecule has 2 rings (SSSR count). The summed E-state index contributed by atoms with van der Waals surface area (Å²) in [5, 5.41) is 33.5. The number of carbonyl (C=O) groups is 3. The number of non-ortho nitro benzene ring substituents is 1. The number of amides is 4. The molecule has 0 spiro atoms. The Kier molecular flexibility index (Phi) is 4.35. The van der Waals surface area contributed by atoms with Crippen LogP contribution in [-0.4, -0.2) is 56.5 Å². The van der Waals surface area contributed by atoms with E-state index < -0.39 is 61.2 Å². The molecule has 1 saturated heterocycles. The van der Waals surface area contributed by atoms with E-state index in [2.05, 4.69) is 0 Å². The maximum atomic E-state index is 12.3. The number of nitro groups is 3. The van der Waals surface area contributed by atoms with Crippen molar-refractivity contribution in [3.8, 4) is 0 Å². The molecule has 26 heavy (non-hydrogen) atoms. The number of nitrogens with zero attached hydrogens (tertiary/aromatic N) is 5. The van der Waals surface area contributed by atoms with Crippen molar-refractivity contribution < 1.29 is 29.2 Å². The molecule has 136 valence electrons. The molecule has 1 heterocycles. The molecule has 4 amide bonds. The van der Waals surface area contributed by atoms with Gasteiger partial charge in [-0.2, -0.15) is 0 Å². The molecule has 0 bridgehead atoms. The molecular formula is C12H9N5O9. The number of imide groups is 2. The Balaban J connectivity index is 2.86. The van der Waals surface area contributed by atoms with Gasteiger partial charge in [-0.15, -0.1) is 0 Å². The molecule has 1 aliphatic heterocycles. The molecule has 0 aromatic heterocycles. The van der Waals surface area contributed by atoms with E-state index in [4.69, 9.17) is 0 Å². The van der Waals surface area contributed by atoms with Crippen molar-refractivity contribution in [2.45, 2.75) is 5.92 Å².